The summed E-state index contributed by atoms with van der Waals surface area (Å²) in [7, 11) is 0. The molecule has 6 nitrogen and oxygen atoms in total. The van der Waals surface area contributed by atoms with Crippen LogP contribution in [-0.4, -0.2) is 26.0 Å². The van der Waals surface area contributed by atoms with Crippen molar-refractivity contribution in [1.82, 2.24) is 20.2 Å². The van der Waals surface area contributed by atoms with Gasteiger partial charge in [0.1, 0.15) is 6.04 Å². The zero-order valence-electron chi connectivity index (χ0n) is 11.4. The second kappa shape index (κ2) is 5.07. The van der Waals surface area contributed by atoms with Crippen LogP contribution in [-0.2, 0) is 4.79 Å². The smallest absolute Gasteiger partial charge is 0.248 e. The molecule has 0 fully saturated rings. The van der Waals surface area contributed by atoms with Gasteiger partial charge in [-0.25, -0.2) is 0 Å². The van der Waals surface area contributed by atoms with E-state index in [2.05, 4.69) is 20.8 Å². The van der Waals surface area contributed by atoms with E-state index in [1.54, 1.807) is 22.9 Å². The average molecular weight is 336 g/mol. The zero-order valence-corrected chi connectivity index (χ0v) is 12.9. The van der Waals surface area contributed by atoms with Gasteiger partial charge in [-0.3, -0.25) is 4.79 Å². The third-order valence-electron chi connectivity index (χ3n) is 4.00. The van der Waals surface area contributed by atoms with Crippen LogP contribution < -0.4 is 5.32 Å². The van der Waals surface area contributed by atoms with Crippen molar-refractivity contribution >= 4 is 34.9 Å². The molecule has 0 spiro atoms. The predicted octanol–water partition coefficient (Wildman–Crippen LogP) is 3.00. The van der Waals surface area contributed by atoms with E-state index in [1.807, 2.05) is 0 Å². The van der Waals surface area contributed by atoms with Gasteiger partial charge in [-0.05, 0) is 35.4 Å². The Balaban J connectivity index is 1.99. The minimum Gasteiger partial charge on any atom is -0.326 e. The van der Waals surface area contributed by atoms with Gasteiger partial charge >= 0.3 is 0 Å². The highest BCUT2D eigenvalue weighted by molar-refractivity contribution is 6.36. The van der Waals surface area contributed by atoms with Gasteiger partial charge in [0.15, 0.2) is 5.78 Å². The molecule has 112 valence electrons. The minimum absolute atomic E-state index is 0.0795. The van der Waals surface area contributed by atoms with Gasteiger partial charge in [0.2, 0.25) is 5.95 Å². The Labute approximate surface area is 136 Å². The zero-order chi connectivity index (χ0) is 15.3. The van der Waals surface area contributed by atoms with Crippen LogP contribution in [0.4, 0.5) is 5.95 Å². The van der Waals surface area contributed by atoms with Crippen molar-refractivity contribution in [2.75, 3.05) is 5.32 Å². The number of ketones is 1. The number of Topliss-reactive ketones (excluding diaryl/α,β-unsaturated/α-hetero) is 1. The predicted molar refractivity (Wildman–Crippen MR) is 81.9 cm³/mol. The molecule has 22 heavy (non-hydrogen) atoms. The van der Waals surface area contributed by atoms with Gasteiger partial charge in [-0.15, -0.1) is 0 Å². The largest absolute Gasteiger partial charge is 0.326 e. The number of aromatic nitrogens is 4. The third-order valence-corrected chi connectivity index (χ3v) is 4.66. The molecule has 1 unspecified atom stereocenters. The quantitative estimate of drug-likeness (QED) is 0.867. The number of anilines is 1. The fourth-order valence-corrected chi connectivity index (χ4v) is 3.66. The highest BCUT2D eigenvalue weighted by Gasteiger charge is 2.38. The van der Waals surface area contributed by atoms with Gasteiger partial charge in [-0.2, -0.15) is 4.68 Å². The summed E-state index contributed by atoms with van der Waals surface area (Å²) in [6.45, 7) is 0. The highest BCUT2D eigenvalue weighted by atomic mass is 35.5. The molecule has 1 aromatic heterocycles. The summed E-state index contributed by atoms with van der Waals surface area (Å²) in [6.07, 6.45) is 2.11. The number of allylic oxidation sites excluding steroid dienone is 2. The molecule has 0 saturated heterocycles. The lowest BCUT2D eigenvalue weighted by Crippen LogP contribution is -2.31. The van der Waals surface area contributed by atoms with Gasteiger partial charge in [0, 0.05) is 33.3 Å². The summed E-state index contributed by atoms with van der Waals surface area (Å²) in [5.41, 5.74) is 2.17. The van der Waals surface area contributed by atoms with Crippen molar-refractivity contribution in [2.24, 2.45) is 0 Å². The number of rotatable bonds is 1. The molecular formula is C14H11Cl2N5O. The maximum absolute atomic E-state index is 12.5. The summed E-state index contributed by atoms with van der Waals surface area (Å²) in [5.74, 6) is 0.574. The lowest BCUT2D eigenvalue weighted by molar-refractivity contribution is -0.116. The SMILES string of the molecule is O=C1CCCC2=C1C(c1c(Cl)cccc1Cl)n1nnnc1N2. The number of benzene rings is 1. The van der Waals surface area contributed by atoms with Crippen molar-refractivity contribution in [2.45, 2.75) is 25.3 Å². The lowest BCUT2D eigenvalue weighted by atomic mass is 9.85. The number of halogens is 2. The van der Waals surface area contributed by atoms with E-state index in [0.29, 0.717) is 33.6 Å². The summed E-state index contributed by atoms with van der Waals surface area (Å²) in [4.78, 5) is 12.5. The summed E-state index contributed by atoms with van der Waals surface area (Å²) >= 11 is 12.7. The minimum atomic E-state index is -0.491. The number of tetrazole rings is 1. The maximum atomic E-state index is 12.5. The first-order valence-electron chi connectivity index (χ1n) is 6.92. The van der Waals surface area contributed by atoms with Crippen LogP contribution in [0.1, 0.15) is 30.9 Å². The Morgan fingerprint density at radius 2 is 2.00 bits per heavy atom. The van der Waals surface area contributed by atoms with Gasteiger partial charge in [0.05, 0.1) is 0 Å². The normalized spacial score (nSPS) is 20.5. The van der Waals surface area contributed by atoms with E-state index in [4.69, 9.17) is 23.2 Å². The van der Waals surface area contributed by atoms with Gasteiger partial charge in [-0.1, -0.05) is 34.4 Å². The molecule has 4 rings (SSSR count). The molecule has 2 aliphatic rings. The van der Waals surface area contributed by atoms with E-state index in [9.17, 15) is 4.79 Å². The molecular weight excluding hydrogens is 325 g/mol. The van der Waals surface area contributed by atoms with E-state index in [-0.39, 0.29) is 5.78 Å². The number of nitrogens with one attached hydrogen (secondary N) is 1. The summed E-state index contributed by atoms with van der Waals surface area (Å²) in [5, 5.41) is 15.8. The second-order valence-corrected chi connectivity index (χ2v) is 6.09. The lowest BCUT2D eigenvalue weighted by Gasteiger charge is -2.32. The Morgan fingerprint density at radius 3 is 2.77 bits per heavy atom. The standard InChI is InChI=1S/C14H11Cl2N5O/c15-7-3-1-4-8(16)11(7)13-12-9(5-2-6-10(12)22)17-14-18-19-20-21(13)14/h1,3-4,13H,2,5-6H2,(H,17,18,20). The van der Waals surface area contributed by atoms with Crippen molar-refractivity contribution in [3.05, 3.63) is 45.1 Å². The van der Waals surface area contributed by atoms with Crippen LogP contribution in [0.3, 0.4) is 0 Å². The monoisotopic (exact) mass is 335 g/mol. The van der Waals surface area contributed by atoms with Crippen LogP contribution in [0.5, 0.6) is 0 Å². The second-order valence-electron chi connectivity index (χ2n) is 5.28. The number of hydrogen-bond acceptors (Lipinski definition) is 5. The third kappa shape index (κ3) is 1.94. The molecule has 1 N–H and O–H groups in total. The van der Waals surface area contributed by atoms with Crippen LogP contribution >= 0.6 is 23.2 Å². The van der Waals surface area contributed by atoms with Crippen molar-refractivity contribution in [1.29, 1.82) is 0 Å². The van der Waals surface area contributed by atoms with E-state index in [1.165, 1.54) is 0 Å². The molecule has 0 bridgehead atoms. The first-order chi connectivity index (χ1) is 10.7. The molecule has 1 aliphatic heterocycles. The Bertz CT molecular complexity index is 793. The molecule has 1 aromatic carbocycles. The van der Waals surface area contributed by atoms with E-state index in [0.717, 1.165) is 18.5 Å². The topological polar surface area (TPSA) is 72.7 Å². The van der Waals surface area contributed by atoms with Crippen LogP contribution in [0.15, 0.2) is 29.5 Å². The molecule has 0 amide bonds. The van der Waals surface area contributed by atoms with E-state index < -0.39 is 6.04 Å². The number of hydrogen-bond donors (Lipinski definition) is 1. The van der Waals surface area contributed by atoms with E-state index >= 15 is 0 Å². The molecule has 2 aromatic rings. The molecule has 8 heteroatoms. The molecule has 0 radical (unpaired) electrons. The number of carbonyl (C=O) groups is 1. The fraction of sp³-hybridized carbons (Fsp3) is 0.286. The van der Waals surface area contributed by atoms with Gasteiger partial charge in [0.25, 0.3) is 0 Å². The Kier molecular flexibility index (Phi) is 3.16. The van der Waals surface area contributed by atoms with Gasteiger partial charge < -0.3 is 5.32 Å². The van der Waals surface area contributed by atoms with Crippen LogP contribution in [0, 0.1) is 0 Å². The number of nitrogens with zero attached hydrogens (tertiary/aromatic N) is 4. The van der Waals surface area contributed by atoms with Crippen LogP contribution in [0.25, 0.3) is 0 Å². The Morgan fingerprint density at radius 1 is 1.23 bits per heavy atom. The highest BCUT2D eigenvalue weighted by Crippen LogP contribution is 2.43. The Hall–Kier alpha value is -1.92. The van der Waals surface area contributed by atoms with Crippen molar-refractivity contribution in [3.8, 4) is 0 Å². The maximum Gasteiger partial charge on any atom is 0.248 e. The first kappa shape index (κ1) is 13.7. The van der Waals surface area contributed by atoms with Crippen LogP contribution in [0.2, 0.25) is 10.0 Å². The number of carbonyl (C=O) groups excluding carboxylic acids is 1. The summed E-state index contributed by atoms with van der Waals surface area (Å²) in [6, 6.07) is 4.79. The van der Waals surface area contributed by atoms with Crippen molar-refractivity contribution in [3.63, 3.8) is 0 Å². The average Bonchev–Trinajstić information content (AvgIpc) is 2.94. The molecule has 1 aliphatic carbocycles. The molecule has 0 saturated carbocycles. The molecule has 1 atom stereocenters. The fourth-order valence-electron chi connectivity index (χ4n) is 3.06. The molecule has 2 heterocycles. The first-order valence-corrected chi connectivity index (χ1v) is 7.67. The number of fused-ring (bicyclic) bond motifs is 1. The summed E-state index contributed by atoms with van der Waals surface area (Å²) < 4.78 is 1.56. The van der Waals surface area contributed by atoms with Crippen molar-refractivity contribution < 1.29 is 4.79 Å².